The zero-order valence-corrected chi connectivity index (χ0v) is 40.7. The van der Waals surface area contributed by atoms with Gasteiger partial charge in [0.05, 0.1) is 23.3 Å². The highest BCUT2D eigenvalue weighted by molar-refractivity contribution is 7.21. The Labute approximate surface area is 429 Å². The van der Waals surface area contributed by atoms with Crippen LogP contribution in [-0.4, -0.2) is 9.36 Å². The molecule has 364 valence electrons. The lowest BCUT2D eigenvalue weighted by molar-refractivity contribution is -0.744. The van der Waals surface area contributed by atoms with E-state index in [1.807, 2.05) is 30.6 Å². The van der Waals surface area contributed by atoms with Gasteiger partial charge in [0.25, 0.3) is 5.01 Å². The molecular formula is C64H76N6S+4. The van der Waals surface area contributed by atoms with E-state index >= 15 is 0 Å². The Balaban J connectivity index is 0.000000204. The maximum Gasteiger partial charge on any atom is 0.270 e. The average molecular weight is 961 g/mol. The molecule has 0 amide bonds. The van der Waals surface area contributed by atoms with Crippen molar-refractivity contribution < 1.29 is 18.5 Å². The fourth-order valence-electron chi connectivity index (χ4n) is 8.53. The summed E-state index contributed by atoms with van der Waals surface area (Å²) in [6.45, 7) is 8.58. The molecule has 0 unspecified atom stereocenters. The molecule has 0 atom stereocenters. The summed E-state index contributed by atoms with van der Waals surface area (Å²) in [5, 5.41) is 2.59. The van der Waals surface area contributed by atoms with Gasteiger partial charge in [-0.2, -0.15) is 9.13 Å². The molecular weight excluding hydrogens is 885 g/mol. The molecule has 6 nitrogen and oxygen atoms in total. The summed E-state index contributed by atoms with van der Waals surface area (Å²) in [5.41, 5.74) is 16.5. The van der Waals surface area contributed by atoms with Crippen molar-refractivity contribution in [2.24, 2.45) is 28.2 Å². The van der Waals surface area contributed by atoms with Crippen LogP contribution in [0.15, 0.2) is 219 Å². The van der Waals surface area contributed by atoms with Crippen molar-refractivity contribution >= 4 is 32.5 Å². The number of aromatic nitrogens is 6. The van der Waals surface area contributed by atoms with Crippen LogP contribution in [-0.2, 0) is 28.2 Å². The van der Waals surface area contributed by atoms with E-state index in [1.54, 1.807) is 0 Å². The molecule has 0 N–H and O–H groups in total. The molecule has 0 aliphatic rings. The number of rotatable bonds is 5. The molecule has 0 aliphatic carbocycles. The lowest BCUT2D eigenvalue weighted by Gasteiger charge is -2.07. The molecule has 11 aromatic rings. The molecule has 0 aliphatic heterocycles. The molecule has 4 heterocycles. The lowest BCUT2D eigenvalue weighted by Crippen LogP contribution is -2.38. The first-order valence-electron chi connectivity index (χ1n) is 22.8. The van der Waals surface area contributed by atoms with Gasteiger partial charge in [-0.05, 0) is 105 Å². The molecule has 7 aromatic carbocycles. The van der Waals surface area contributed by atoms with E-state index in [0.29, 0.717) is 0 Å². The summed E-state index contributed by atoms with van der Waals surface area (Å²) in [6, 6.07) is 69.9. The van der Waals surface area contributed by atoms with Crippen molar-refractivity contribution in [3.63, 3.8) is 0 Å². The number of aryl methyl sites for hydroxylation is 7. The van der Waals surface area contributed by atoms with E-state index in [1.165, 1.54) is 87.8 Å². The fourth-order valence-corrected chi connectivity index (χ4v) is 9.77. The van der Waals surface area contributed by atoms with Crippen molar-refractivity contribution in [1.82, 2.24) is 9.36 Å². The monoisotopic (exact) mass is 961 g/mol. The minimum Gasteiger partial charge on any atom is -0.194 e. The number of nitrogens with zero attached hydrogens (tertiary/aromatic N) is 6. The third-order valence-corrected chi connectivity index (χ3v) is 13.6. The van der Waals surface area contributed by atoms with E-state index in [2.05, 4.69) is 283 Å². The van der Waals surface area contributed by atoms with Gasteiger partial charge in [-0.3, -0.25) is 0 Å². The Bertz CT molecular complexity index is 3290. The minimum atomic E-state index is 0. The summed E-state index contributed by atoms with van der Waals surface area (Å²) < 4.78 is 14.4. The lowest BCUT2D eigenvalue weighted by atomic mass is 10.0. The molecule has 4 aromatic heterocycles. The van der Waals surface area contributed by atoms with Crippen molar-refractivity contribution in [2.45, 2.75) is 57.4 Å². The summed E-state index contributed by atoms with van der Waals surface area (Å²) in [4.78, 5) is 0. The Morgan fingerprint density at radius 2 is 0.887 bits per heavy atom. The first kappa shape index (κ1) is 55.9. The van der Waals surface area contributed by atoms with Crippen LogP contribution in [0.2, 0.25) is 0 Å². The summed E-state index contributed by atoms with van der Waals surface area (Å²) in [6.07, 6.45) is 6.27. The fraction of sp³-hybridized carbons (Fsp3) is 0.188. The molecule has 0 bridgehead atoms. The molecule has 7 heteroatoms. The van der Waals surface area contributed by atoms with Gasteiger partial charge in [0, 0.05) is 41.5 Å². The highest BCUT2D eigenvalue weighted by Crippen LogP contribution is 2.30. The standard InChI is InChI=1S/C19H18N.C15H15N2.C15H14NS.C11H13N2.4CH4/c1-15-9-6-7-12-17(15)19-14-8-13-18(20(19)2)16-10-4-3-5-11-16;1-12-7-3-5-9-14(12)17-11-13-8-4-6-10-15(13)16(17)2;1-11-7-3-4-8-12(11)15-16(2)13-9-5-6-10-14(13)17-15;1-10-6-3-4-7-11(10)13-9-5-8-12(13)2;;;;/h3-14H,1-2H3;3-11H,1-2H3;3-10H,1-2H3;3-9H,1-2H3;4*1H4/q4*+1;;;;. The number of pyridine rings is 1. The largest absolute Gasteiger partial charge is 0.270 e. The summed E-state index contributed by atoms with van der Waals surface area (Å²) in [5.74, 6) is 0. The van der Waals surface area contributed by atoms with Gasteiger partial charge in [-0.15, -0.1) is 18.7 Å². The zero-order chi connectivity index (χ0) is 46.9. The second kappa shape index (κ2) is 25.7. The van der Waals surface area contributed by atoms with Crippen LogP contribution < -0.4 is 18.5 Å². The van der Waals surface area contributed by atoms with Crippen LogP contribution in [0.3, 0.4) is 0 Å². The number of thiazole rings is 1. The first-order chi connectivity index (χ1) is 32.6. The second-order valence-electron chi connectivity index (χ2n) is 16.8. The predicted molar refractivity (Wildman–Crippen MR) is 304 cm³/mol. The van der Waals surface area contributed by atoms with Gasteiger partial charge in [0.2, 0.25) is 22.4 Å². The minimum absolute atomic E-state index is 0. The second-order valence-corrected chi connectivity index (χ2v) is 17.9. The molecule has 0 radical (unpaired) electrons. The van der Waals surface area contributed by atoms with Gasteiger partial charge >= 0.3 is 0 Å². The van der Waals surface area contributed by atoms with Gasteiger partial charge in [-0.1, -0.05) is 156 Å². The van der Waals surface area contributed by atoms with Crippen molar-refractivity contribution in [1.29, 1.82) is 0 Å². The van der Waals surface area contributed by atoms with Crippen LogP contribution in [0.1, 0.15) is 52.0 Å². The van der Waals surface area contributed by atoms with Crippen molar-refractivity contribution in [3.8, 4) is 44.5 Å². The molecule has 0 spiro atoms. The third kappa shape index (κ3) is 12.5. The maximum absolute atomic E-state index is 2.28. The van der Waals surface area contributed by atoms with Gasteiger partial charge in [0.1, 0.15) is 30.2 Å². The SMILES string of the molecule is C.C.C.C.Cc1ccccc1-c1cccc(-c2ccccc2)[n+]1C.Cc1ccccc1-c1sc2ccccc2[n+]1C.Cc1ccccc1-n1cc2ccccc2[n+]1C.Cc1ccccc1-n1ccc[n+]1C. The molecule has 71 heavy (non-hydrogen) atoms. The first-order valence-corrected chi connectivity index (χ1v) is 23.6. The molecule has 0 saturated carbocycles. The number of fused-ring (bicyclic) bond motifs is 2. The van der Waals surface area contributed by atoms with Crippen molar-refractivity contribution in [2.75, 3.05) is 0 Å². The number of hydrogen-bond donors (Lipinski definition) is 0. The van der Waals surface area contributed by atoms with Crippen LogP contribution in [0, 0.1) is 27.7 Å². The highest BCUT2D eigenvalue weighted by Gasteiger charge is 2.20. The quantitative estimate of drug-likeness (QED) is 0.154. The maximum atomic E-state index is 2.28. The van der Waals surface area contributed by atoms with E-state index in [9.17, 15) is 0 Å². The Kier molecular flexibility index (Phi) is 20.3. The summed E-state index contributed by atoms with van der Waals surface area (Å²) >= 11 is 1.85. The van der Waals surface area contributed by atoms with E-state index in [-0.39, 0.29) is 29.7 Å². The van der Waals surface area contributed by atoms with Crippen LogP contribution in [0.4, 0.5) is 0 Å². The molecule has 0 saturated heterocycles. The van der Waals surface area contributed by atoms with Crippen LogP contribution >= 0.6 is 11.3 Å². The Morgan fingerprint density at radius 3 is 1.45 bits per heavy atom. The number of benzene rings is 7. The van der Waals surface area contributed by atoms with E-state index in [4.69, 9.17) is 0 Å². The Hall–Kier alpha value is -7.74. The van der Waals surface area contributed by atoms with Crippen LogP contribution in [0.25, 0.3) is 65.6 Å². The van der Waals surface area contributed by atoms with Gasteiger partial charge in [-0.25, -0.2) is 0 Å². The predicted octanol–water partition coefficient (Wildman–Crippen LogP) is 14.8. The van der Waals surface area contributed by atoms with Gasteiger partial charge < -0.3 is 0 Å². The highest BCUT2D eigenvalue weighted by atomic mass is 32.1. The third-order valence-electron chi connectivity index (χ3n) is 12.3. The van der Waals surface area contributed by atoms with Crippen molar-refractivity contribution in [3.05, 3.63) is 241 Å². The Morgan fingerprint density at radius 1 is 0.394 bits per heavy atom. The molecule has 11 rings (SSSR count). The van der Waals surface area contributed by atoms with E-state index < -0.39 is 0 Å². The smallest absolute Gasteiger partial charge is 0.194 e. The zero-order valence-electron chi connectivity index (χ0n) is 39.9. The van der Waals surface area contributed by atoms with Gasteiger partial charge in [0.15, 0.2) is 20.3 Å². The average Bonchev–Trinajstić information content (AvgIpc) is 4.04. The molecule has 0 fully saturated rings. The number of hydrogen-bond acceptors (Lipinski definition) is 1. The van der Waals surface area contributed by atoms with Crippen LogP contribution in [0.5, 0.6) is 0 Å². The topological polar surface area (TPSA) is 25.4 Å². The van der Waals surface area contributed by atoms with E-state index in [0.717, 1.165) is 0 Å². The number of para-hydroxylation sites is 4. The summed E-state index contributed by atoms with van der Waals surface area (Å²) in [7, 11) is 8.39. The normalized spacial score (nSPS) is 10.1.